The van der Waals surface area contributed by atoms with E-state index in [4.69, 9.17) is 10.8 Å². The van der Waals surface area contributed by atoms with Crippen LogP contribution in [0.25, 0.3) is 10.9 Å². The average molecular weight is 308 g/mol. The summed E-state index contributed by atoms with van der Waals surface area (Å²) in [6.45, 7) is 2.82. The van der Waals surface area contributed by atoms with E-state index in [-0.39, 0.29) is 0 Å². The first-order chi connectivity index (χ1) is 11.0. The molecule has 0 fully saturated rings. The van der Waals surface area contributed by atoms with E-state index in [1.807, 2.05) is 24.4 Å². The molecule has 0 aliphatic heterocycles. The summed E-state index contributed by atoms with van der Waals surface area (Å²) in [5, 5.41) is 10.1. The highest BCUT2D eigenvalue weighted by Crippen LogP contribution is 2.23. The fraction of sp³-hybridized carbons (Fsp3) is 0.211. The topological polar surface area (TPSA) is 68.2 Å². The van der Waals surface area contributed by atoms with Gasteiger partial charge in [-0.25, -0.2) is 0 Å². The number of nitrogens with zero attached hydrogens (tertiary/aromatic N) is 1. The number of fused-ring (bicyclic) bond motifs is 1. The lowest BCUT2D eigenvalue weighted by molar-refractivity contribution is -0.138. The quantitative estimate of drug-likeness (QED) is 0.761. The number of carbonyl (C=O) groups is 1. The van der Waals surface area contributed by atoms with Crippen molar-refractivity contribution in [2.75, 3.05) is 0 Å². The minimum atomic E-state index is -0.972. The second kappa shape index (κ2) is 6.26. The molecule has 0 saturated carbocycles. The SMILES string of the molecule is Cc1ccc(Cn2cc(C[C@H](N)C(=O)O)c3ccccc32)cc1. The highest BCUT2D eigenvalue weighted by atomic mass is 16.4. The van der Waals surface area contributed by atoms with Crippen molar-refractivity contribution in [3.05, 3.63) is 71.4 Å². The van der Waals surface area contributed by atoms with Crippen LogP contribution in [0.5, 0.6) is 0 Å². The molecule has 3 rings (SSSR count). The summed E-state index contributed by atoms with van der Waals surface area (Å²) in [4.78, 5) is 11.0. The lowest BCUT2D eigenvalue weighted by Gasteiger charge is -2.06. The van der Waals surface area contributed by atoms with Gasteiger partial charge in [0.15, 0.2) is 0 Å². The summed E-state index contributed by atoms with van der Waals surface area (Å²) >= 11 is 0. The molecular formula is C19H20N2O2. The fourth-order valence-corrected chi connectivity index (χ4v) is 2.83. The highest BCUT2D eigenvalue weighted by molar-refractivity contribution is 5.85. The third kappa shape index (κ3) is 3.27. The van der Waals surface area contributed by atoms with Gasteiger partial charge in [-0.1, -0.05) is 48.0 Å². The number of carboxylic acids is 1. The number of aliphatic carboxylic acids is 1. The molecule has 3 N–H and O–H groups in total. The number of benzene rings is 2. The molecular weight excluding hydrogens is 288 g/mol. The van der Waals surface area contributed by atoms with Crippen LogP contribution in [0.1, 0.15) is 16.7 Å². The molecule has 3 aromatic rings. The predicted octanol–water partition coefficient (Wildman–Crippen LogP) is 2.95. The van der Waals surface area contributed by atoms with E-state index >= 15 is 0 Å². The smallest absolute Gasteiger partial charge is 0.320 e. The number of aryl methyl sites for hydroxylation is 1. The van der Waals surface area contributed by atoms with Gasteiger partial charge in [-0.2, -0.15) is 0 Å². The van der Waals surface area contributed by atoms with Gasteiger partial charge in [0.1, 0.15) is 6.04 Å². The maximum Gasteiger partial charge on any atom is 0.320 e. The standard InChI is InChI=1S/C19H20N2O2/c1-13-6-8-14(9-7-13)11-21-12-15(10-17(20)19(22)23)16-4-2-3-5-18(16)21/h2-9,12,17H,10-11,20H2,1H3,(H,22,23)/t17-/m0/s1. The van der Waals surface area contributed by atoms with Crippen molar-refractivity contribution < 1.29 is 9.90 Å². The molecule has 118 valence electrons. The summed E-state index contributed by atoms with van der Waals surface area (Å²) in [5.74, 6) is -0.972. The van der Waals surface area contributed by atoms with Crippen LogP contribution in [0, 0.1) is 6.92 Å². The molecule has 0 saturated heterocycles. The molecule has 4 heteroatoms. The van der Waals surface area contributed by atoms with Gasteiger partial charge in [0.25, 0.3) is 0 Å². The Hall–Kier alpha value is -2.59. The van der Waals surface area contributed by atoms with Gasteiger partial charge in [-0.05, 0) is 24.1 Å². The Balaban J connectivity index is 1.97. The van der Waals surface area contributed by atoms with Crippen molar-refractivity contribution in [3.8, 4) is 0 Å². The number of carboxylic acid groups (broad SMARTS) is 1. The summed E-state index contributed by atoms with van der Waals surface area (Å²) < 4.78 is 2.16. The van der Waals surface area contributed by atoms with E-state index < -0.39 is 12.0 Å². The first-order valence-corrected chi connectivity index (χ1v) is 7.65. The monoisotopic (exact) mass is 308 g/mol. The van der Waals surface area contributed by atoms with Crippen molar-refractivity contribution in [1.82, 2.24) is 4.57 Å². The number of para-hydroxylation sites is 1. The van der Waals surface area contributed by atoms with Crippen LogP contribution in [-0.4, -0.2) is 21.7 Å². The summed E-state index contributed by atoms with van der Waals surface area (Å²) in [5.41, 5.74) is 10.2. The molecule has 2 aromatic carbocycles. The van der Waals surface area contributed by atoms with Crippen LogP contribution >= 0.6 is 0 Å². The van der Waals surface area contributed by atoms with Crippen molar-refractivity contribution >= 4 is 16.9 Å². The largest absolute Gasteiger partial charge is 0.480 e. The van der Waals surface area contributed by atoms with Crippen LogP contribution < -0.4 is 5.73 Å². The van der Waals surface area contributed by atoms with Crippen LogP contribution in [0.3, 0.4) is 0 Å². The van der Waals surface area contributed by atoms with E-state index in [0.29, 0.717) is 6.42 Å². The molecule has 1 aromatic heterocycles. The van der Waals surface area contributed by atoms with Crippen molar-refractivity contribution in [1.29, 1.82) is 0 Å². The minimum absolute atomic E-state index is 0.330. The highest BCUT2D eigenvalue weighted by Gasteiger charge is 2.16. The molecule has 0 spiro atoms. The van der Waals surface area contributed by atoms with E-state index in [9.17, 15) is 4.79 Å². The Morgan fingerprint density at radius 2 is 1.87 bits per heavy atom. The van der Waals surface area contributed by atoms with Gasteiger partial charge in [0.2, 0.25) is 0 Å². The Morgan fingerprint density at radius 3 is 2.57 bits per heavy atom. The minimum Gasteiger partial charge on any atom is -0.480 e. The first kappa shape index (κ1) is 15.3. The van der Waals surface area contributed by atoms with Crippen molar-refractivity contribution in [2.45, 2.75) is 25.9 Å². The number of nitrogens with two attached hydrogens (primary N) is 1. The van der Waals surface area contributed by atoms with Gasteiger partial charge >= 0.3 is 5.97 Å². The number of rotatable bonds is 5. The maximum atomic E-state index is 11.0. The molecule has 0 unspecified atom stereocenters. The zero-order valence-electron chi connectivity index (χ0n) is 13.1. The van der Waals surface area contributed by atoms with Crippen molar-refractivity contribution in [3.63, 3.8) is 0 Å². The summed E-state index contributed by atoms with van der Waals surface area (Å²) in [7, 11) is 0. The van der Waals surface area contributed by atoms with E-state index in [1.54, 1.807) is 0 Å². The van der Waals surface area contributed by atoms with Crippen LogP contribution in [0.4, 0.5) is 0 Å². The number of hydrogen-bond acceptors (Lipinski definition) is 2. The fourth-order valence-electron chi connectivity index (χ4n) is 2.83. The molecule has 0 aliphatic rings. The van der Waals surface area contributed by atoms with Gasteiger partial charge in [-0.15, -0.1) is 0 Å². The molecule has 1 heterocycles. The van der Waals surface area contributed by atoms with E-state index in [1.165, 1.54) is 11.1 Å². The van der Waals surface area contributed by atoms with Gasteiger partial charge in [0, 0.05) is 30.1 Å². The molecule has 0 amide bonds. The van der Waals surface area contributed by atoms with Gasteiger partial charge in [-0.3, -0.25) is 4.79 Å². The zero-order chi connectivity index (χ0) is 16.4. The Bertz CT molecular complexity index is 834. The maximum absolute atomic E-state index is 11.0. The Morgan fingerprint density at radius 1 is 1.17 bits per heavy atom. The van der Waals surface area contributed by atoms with E-state index in [0.717, 1.165) is 23.0 Å². The molecule has 23 heavy (non-hydrogen) atoms. The predicted molar refractivity (Wildman–Crippen MR) is 91.5 cm³/mol. The molecule has 0 aliphatic carbocycles. The van der Waals surface area contributed by atoms with Crippen molar-refractivity contribution in [2.24, 2.45) is 5.73 Å². The summed E-state index contributed by atoms with van der Waals surface area (Å²) in [6.07, 6.45) is 2.35. The van der Waals surface area contributed by atoms with E-state index in [2.05, 4.69) is 41.8 Å². The Labute approximate surface area is 135 Å². The summed E-state index contributed by atoms with van der Waals surface area (Å²) in [6, 6.07) is 15.6. The number of hydrogen-bond donors (Lipinski definition) is 2. The third-order valence-corrected chi connectivity index (χ3v) is 4.10. The normalized spacial score (nSPS) is 12.4. The Kier molecular flexibility index (Phi) is 4.17. The lowest BCUT2D eigenvalue weighted by atomic mass is 10.1. The third-order valence-electron chi connectivity index (χ3n) is 4.10. The first-order valence-electron chi connectivity index (χ1n) is 7.65. The second-order valence-corrected chi connectivity index (χ2v) is 5.93. The zero-order valence-corrected chi connectivity index (χ0v) is 13.1. The van der Waals surface area contributed by atoms with Crippen LogP contribution in [0.15, 0.2) is 54.7 Å². The van der Waals surface area contributed by atoms with Gasteiger partial charge < -0.3 is 15.4 Å². The molecule has 1 atom stereocenters. The molecule has 0 bridgehead atoms. The van der Waals surface area contributed by atoms with Crippen LogP contribution in [-0.2, 0) is 17.8 Å². The molecule has 4 nitrogen and oxygen atoms in total. The second-order valence-electron chi connectivity index (χ2n) is 5.93. The average Bonchev–Trinajstić information content (AvgIpc) is 2.88. The van der Waals surface area contributed by atoms with Crippen LogP contribution in [0.2, 0.25) is 0 Å². The number of aromatic nitrogens is 1. The lowest BCUT2D eigenvalue weighted by Crippen LogP contribution is -2.32. The van der Waals surface area contributed by atoms with Gasteiger partial charge in [0.05, 0.1) is 0 Å². The molecule has 0 radical (unpaired) electrons.